The van der Waals surface area contributed by atoms with Crippen LogP contribution in [0.5, 0.6) is 11.5 Å². The first-order chi connectivity index (χ1) is 15.8. The lowest BCUT2D eigenvalue weighted by atomic mass is 10.1. The molecule has 33 heavy (non-hydrogen) atoms. The summed E-state index contributed by atoms with van der Waals surface area (Å²) in [6.07, 6.45) is 1.03. The van der Waals surface area contributed by atoms with Gasteiger partial charge in [0.05, 0.1) is 24.8 Å². The molecule has 1 amide bonds. The van der Waals surface area contributed by atoms with Crippen LogP contribution in [0.3, 0.4) is 0 Å². The normalized spacial score (nSPS) is 16.5. The van der Waals surface area contributed by atoms with Crippen molar-refractivity contribution in [2.75, 3.05) is 26.1 Å². The average Bonchev–Trinajstić information content (AvgIpc) is 3.49. The lowest BCUT2D eigenvalue weighted by molar-refractivity contribution is -0.119. The molecule has 1 fully saturated rings. The number of hydrogen-bond acceptors (Lipinski definition) is 7. The van der Waals surface area contributed by atoms with Crippen LogP contribution < -0.4 is 14.8 Å². The van der Waals surface area contributed by atoms with Crippen molar-refractivity contribution in [2.45, 2.75) is 23.8 Å². The van der Waals surface area contributed by atoms with Crippen LogP contribution in [0.4, 0.5) is 5.13 Å². The molecule has 2 aromatic carbocycles. The maximum absolute atomic E-state index is 13.1. The largest absolute Gasteiger partial charge is 0.497 e. The van der Waals surface area contributed by atoms with Gasteiger partial charge in [0.2, 0.25) is 15.9 Å². The number of thiazole rings is 1. The van der Waals surface area contributed by atoms with E-state index in [0.717, 1.165) is 5.56 Å². The fraction of sp³-hybridized carbons (Fsp3) is 0.273. The highest BCUT2D eigenvalue weighted by molar-refractivity contribution is 7.89. The molecule has 1 unspecified atom stereocenters. The van der Waals surface area contributed by atoms with E-state index in [1.165, 1.54) is 39.9 Å². The van der Waals surface area contributed by atoms with Crippen molar-refractivity contribution in [3.8, 4) is 22.8 Å². The first kappa shape index (κ1) is 23.5. The molecule has 0 saturated carbocycles. The van der Waals surface area contributed by atoms with Crippen LogP contribution in [-0.4, -0.2) is 50.4 Å². The molecule has 0 aliphatic carbocycles. The Balaban J connectivity index is 1.52. The molecule has 1 saturated heterocycles. The second-order valence-electron chi connectivity index (χ2n) is 7.32. The van der Waals surface area contributed by atoms with Gasteiger partial charge >= 0.3 is 0 Å². The molecule has 0 spiro atoms. The minimum absolute atomic E-state index is 0.106. The molecule has 1 N–H and O–H groups in total. The number of nitrogens with one attached hydrogen (secondary N) is 1. The van der Waals surface area contributed by atoms with Gasteiger partial charge in [-0.2, -0.15) is 4.31 Å². The van der Waals surface area contributed by atoms with E-state index in [0.29, 0.717) is 40.2 Å². The number of carbonyl (C=O) groups is 1. The van der Waals surface area contributed by atoms with E-state index in [1.807, 2.05) is 6.07 Å². The monoisotopic (exact) mass is 507 g/mol. The predicted octanol–water partition coefficient (Wildman–Crippen LogP) is 4.27. The minimum atomic E-state index is -3.83. The number of carbonyl (C=O) groups excluding carboxylic acids is 1. The number of sulfonamides is 1. The van der Waals surface area contributed by atoms with Crippen molar-refractivity contribution in [3.63, 3.8) is 0 Å². The van der Waals surface area contributed by atoms with E-state index in [-0.39, 0.29) is 11.4 Å². The third kappa shape index (κ3) is 4.84. The van der Waals surface area contributed by atoms with Gasteiger partial charge in [0.1, 0.15) is 17.5 Å². The SMILES string of the molecule is COc1ccc(-c2csc(NC(=O)C3CCCN3S(=O)(=O)c3ccc(Cl)cc3)n2)c(OC)c1. The molecule has 8 nitrogen and oxygen atoms in total. The molecule has 1 atom stereocenters. The molecular weight excluding hydrogens is 486 g/mol. The smallest absolute Gasteiger partial charge is 0.244 e. The summed E-state index contributed by atoms with van der Waals surface area (Å²) in [7, 11) is -0.694. The second-order valence-corrected chi connectivity index (χ2v) is 10.5. The van der Waals surface area contributed by atoms with E-state index in [1.54, 1.807) is 31.7 Å². The number of anilines is 1. The number of halogens is 1. The zero-order valence-electron chi connectivity index (χ0n) is 17.9. The van der Waals surface area contributed by atoms with Crippen LogP contribution in [0.2, 0.25) is 5.02 Å². The van der Waals surface area contributed by atoms with Gasteiger partial charge in [0.15, 0.2) is 5.13 Å². The van der Waals surface area contributed by atoms with Crippen LogP contribution in [0, 0.1) is 0 Å². The Morgan fingerprint density at radius 2 is 1.94 bits per heavy atom. The lowest BCUT2D eigenvalue weighted by Gasteiger charge is -2.23. The first-order valence-corrected chi connectivity index (χ1v) is 12.8. The van der Waals surface area contributed by atoms with Crippen LogP contribution in [0.25, 0.3) is 11.3 Å². The highest BCUT2D eigenvalue weighted by Gasteiger charge is 2.39. The van der Waals surface area contributed by atoms with Crippen LogP contribution in [-0.2, 0) is 14.8 Å². The third-order valence-electron chi connectivity index (χ3n) is 5.35. The van der Waals surface area contributed by atoms with Crippen LogP contribution >= 0.6 is 22.9 Å². The molecule has 11 heteroatoms. The highest BCUT2D eigenvalue weighted by Crippen LogP contribution is 2.35. The fourth-order valence-electron chi connectivity index (χ4n) is 3.69. The number of rotatable bonds is 7. The quantitative estimate of drug-likeness (QED) is 0.512. The van der Waals surface area contributed by atoms with E-state index >= 15 is 0 Å². The number of hydrogen-bond donors (Lipinski definition) is 1. The molecule has 2 heterocycles. The fourth-order valence-corrected chi connectivity index (χ4v) is 6.18. The van der Waals surface area contributed by atoms with Gasteiger partial charge in [-0.1, -0.05) is 11.6 Å². The van der Waals surface area contributed by atoms with Gasteiger partial charge < -0.3 is 14.8 Å². The zero-order valence-corrected chi connectivity index (χ0v) is 20.3. The molecule has 1 aromatic heterocycles. The standard InChI is InChI=1S/C22H22ClN3O5S2/c1-30-15-7-10-17(20(12-15)31-2)18-13-32-22(24-18)25-21(27)19-4-3-11-26(19)33(28,29)16-8-5-14(23)6-9-16/h5-10,12-13,19H,3-4,11H2,1-2H3,(H,24,25,27). The van der Waals surface area contributed by atoms with Gasteiger partial charge in [-0.3, -0.25) is 4.79 Å². The molecule has 1 aliphatic rings. The van der Waals surface area contributed by atoms with Gasteiger partial charge in [0.25, 0.3) is 0 Å². The number of ether oxygens (including phenoxy) is 2. The van der Waals surface area contributed by atoms with E-state index in [2.05, 4.69) is 10.3 Å². The maximum Gasteiger partial charge on any atom is 0.244 e. The van der Waals surface area contributed by atoms with Gasteiger partial charge in [-0.25, -0.2) is 13.4 Å². The highest BCUT2D eigenvalue weighted by atomic mass is 35.5. The van der Waals surface area contributed by atoms with Crippen molar-refractivity contribution in [1.82, 2.24) is 9.29 Å². The van der Waals surface area contributed by atoms with Gasteiger partial charge in [-0.05, 0) is 49.2 Å². The summed E-state index contributed by atoms with van der Waals surface area (Å²) in [4.78, 5) is 17.6. The summed E-state index contributed by atoms with van der Waals surface area (Å²) >= 11 is 7.13. The lowest BCUT2D eigenvalue weighted by Crippen LogP contribution is -2.43. The molecule has 0 radical (unpaired) electrons. The van der Waals surface area contributed by atoms with Crippen molar-refractivity contribution >= 4 is 44.0 Å². The Kier molecular flexibility index (Phi) is 6.89. The summed E-state index contributed by atoms with van der Waals surface area (Å²) in [6.45, 7) is 0.273. The second kappa shape index (κ2) is 9.68. The Labute approximate surface area is 201 Å². The minimum Gasteiger partial charge on any atom is -0.497 e. The maximum atomic E-state index is 13.1. The van der Waals surface area contributed by atoms with Crippen LogP contribution in [0.15, 0.2) is 52.7 Å². The molecule has 1 aliphatic heterocycles. The Bertz CT molecular complexity index is 1260. The van der Waals surface area contributed by atoms with Crippen molar-refractivity contribution in [2.24, 2.45) is 0 Å². The Hall–Kier alpha value is -2.66. The summed E-state index contributed by atoms with van der Waals surface area (Å²) in [5.41, 5.74) is 1.38. The van der Waals surface area contributed by atoms with Crippen molar-refractivity contribution in [3.05, 3.63) is 52.9 Å². The van der Waals surface area contributed by atoms with Crippen molar-refractivity contribution in [1.29, 1.82) is 0 Å². The number of aromatic nitrogens is 1. The average molecular weight is 508 g/mol. The van der Waals surface area contributed by atoms with Gasteiger partial charge in [0, 0.05) is 28.6 Å². The van der Waals surface area contributed by atoms with Crippen LogP contribution in [0.1, 0.15) is 12.8 Å². The topological polar surface area (TPSA) is 97.8 Å². The first-order valence-electron chi connectivity index (χ1n) is 10.1. The number of benzene rings is 2. The summed E-state index contributed by atoms with van der Waals surface area (Å²) in [5, 5.41) is 5.40. The van der Waals surface area contributed by atoms with Crippen molar-refractivity contribution < 1.29 is 22.7 Å². The summed E-state index contributed by atoms with van der Waals surface area (Å²) < 4.78 is 38.1. The molecule has 4 rings (SSSR count). The van der Waals surface area contributed by atoms with E-state index in [9.17, 15) is 13.2 Å². The Morgan fingerprint density at radius 1 is 1.18 bits per heavy atom. The number of methoxy groups -OCH3 is 2. The van der Waals surface area contributed by atoms with E-state index < -0.39 is 22.0 Å². The predicted molar refractivity (Wildman–Crippen MR) is 128 cm³/mol. The molecular formula is C22H22ClN3O5S2. The summed E-state index contributed by atoms with van der Waals surface area (Å²) in [5.74, 6) is 0.837. The summed E-state index contributed by atoms with van der Waals surface area (Å²) in [6, 6.07) is 10.5. The number of amides is 1. The molecule has 3 aromatic rings. The Morgan fingerprint density at radius 3 is 2.64 bits per heavy atom. The van der Waals surface area contributed by atoms with Gasteiger partial charge in [-0.15, -0.1) is 11.3 Å². The number of nitrogens with zero attached hydrogens (tertiary/aromatic N) is 2. The zero-order chi connectivity index (χ0) is 23.6. The third-order valence-corrected chi connectivity index (χ3v) is 8.28. The molecule has 174 valence electrons. The molecule has 0 bridgehead atoms. The van der Waals surface area contributed by atoms with E-state index in [4.69, 9.17) is 21.1 Å².